The van der Waals surface area contributed by atoms with E-state index >= 15 is 0 Å². The number of carbonyl (C=O) groups excluding carboxylic acids is 3. The van der Waals surface area contributed by atoms with E-state index in [0.717, 1.165) is 0 Å². The molecule has 1 atom stereocenters. The lowest BCUT2D eigenvalue weighted by Gasteiger charge is -2.32. The third kappa shape index (κ3) is 4.04. The summed E-state index contributed by atoms with van der Waals surface area (Å²) in [5, 5.41) is 8.63. The van der Waals surface area contributed by atoms with Gasteiger partial charge >= 0.3 is 12.1 Å². The van der Waals surface area contributed by atoms with Crippen molar-refractivity contribution < 1.29 is 29.0 Å². The molecule has 1 unspecified atom stereocenters. The van der Waals surface area contributed by atoms with E-state index in [9.17, 15) is 19.2 Å². The monoisotopic (exact) mass is 271 g/mol. The van der Waals surface area contributed by atoms with Crippen LogP contribution in [0.4, 0.5) is 4.79 Å². The highest BCUT2D eigenvalue weighted by atomic mass is 16.6. The van der Waals surface area contributed by atoms with Gasteiger partial charge in [0.05, 0.1) is 0 Å². The second kappa shape index (κ2) is 5.38. The van der Waals surface area contributed by atoms with Gasteiger partial charge in [-0.05, 0) is 20.8 Å². The van der Waals surface area contributed by atoms with Gasteiger partial charge in [-0.2, -0.15) is 0 Å². The predicted molar refractivity (Wildman–Crippen MR) is 63.6 cm³/mol. The van der Waals surface area contributed by atoms with Crippen LogP contribution in [0.1, 0.15) is 27.2 Å². The molecule has 7 nitrogen and oxygen atoms in total. The minimum Gasteiger partial charge on any atom is -0.475 e. The standard InChI is InChI=1S/C12H17NO6/c1-12(2,3)19-11(18)13-5-4-8(14)7(6-13)9(15)10(16)17/h7H,4-6H2,1-3H3,(H,16,17). The fourth-order valence-electron chi connectivity index (χ4n) is 1.70. The maximum atomic E-state index is 11.8. The van der Waals surface area contributed by atoms with E-state index in [1.807, 2.05) is 0 Å². The third-order valence-corrected chi connectivity index (χ3v) is 2.60. The normalized spacial score (nSPS) is 20.1. The van der Waals surface area contributed by atoms with Crippen molar-refractivity contribution in [2.75, 3.05) is 13.1 Å². The highest BCUT2D eigenvalue weighted by Gasteiger charge is 2.38. The van der Waals surface area contributed by atoms with Crippen molar-refractivity contribution in [1.29, 1.82) is 0 Å². The summed E-state index contributed by atoms with van der Waals surface area (Å²) in [7, 11) is 0. The van der Waals surface area contributed by atoms with Crippen molar-refractivity contribution in [1.82, 2.24) is 4.90 Å². The topological polar surface area (TPSA) is 101 Å². The highest BCUT2D eigenvalue weighted by molar-refractivity contribution is 6.37. The van der Waals surface area contributed by atoms with Crippen LogP contribution >= 0.6 is 0 Å². The van der Waals surface area contributed by atoms with E-state index < -0.39 is 35.1 Å². The molecule has 1 amide bonds. The summed E-state index contributed by atoms with van der Waals surface area (Å²) in [4.78, 5) is 46.5. The lowest BCUT2D eigenvalue weighted by atomic mass is 9.92. The van der Waals surface area contributed by atoms with Crippen LogP contribution < -0.4 is 0 Å². The van der Waals surface area contributed by atoms with Crippen LogP contribution in [-0.2, 0) is 19.1 Å². The first-order valence-electron chi connectivity index (χ1n) is 5.89. The SMILES string of the molecule is CC(C)(C)OC(=O)N1CCC(=O)C(C(=O)C(=O)O)C1. The molecule has 0 aromatic carbocycles. The van der Waals surface area contributed by atoms with Gasteiger partial charge in [-0.3, -0.25) is 9.59 Å². The van der Waals surface area contributed by atoms with E-state index in [1.165, 1.54) is 4.90 Å². The molecule has 1 rings (SSSR count). The van der Waals surface area contributed by atoms with E-state index in [4.69, 9.17) is 9.84 Å². The number of piperidine rings is 1. The summed E-state index contributed by atoms with van der Waals surface area (Å²) in [6.45, 7) is 4.98. The zero-order valence-corrected chi connectivity index (χ0v) is 11.1. The predicted octanol–water partition coefficient (Wildman–Crippen LogP) is 0.466. The number of nitrogens with zero attached hydrogens (tertiary/aromatic N) is 1. The molecule has 1 saturated heterocycles. The van der Waals surface area contributed by atoms with Crippen LogP contribution in [0.15, 0.2) is 0 Å². The van der Waals surface area contributed by atoms with Gasteiger partial charge < -0.3 is 14.7 Å². The molecule has 1 aliphatic heterocycles. The van der Waals surface area contributed by atoms with Gasteiger partial charge in [-0.1, -0.05) is 0 Å². The van der Waals surface area contributed by atoms with Gasteiger partial charge in [0.15, 0.2) is 0 Å². The first-order chi connectivity index (χ1) is 8.61. The molecule has 0 spiro atoms. The first-order valence-corrected chi connectivity index (χ1v) is 5.89. The van der Waals surface area contributed by atoms with Crippen molar-refractivity contribution in [3.8, 4) is 0 Å². The minimum atomic E-state index is -1.66. The molecular formula is C12H17NO6. The van der Waals surface area contributed by atoms with Crippen LogP contribution in [0.5, 0.6) is 0 Å². The lowest BCUT2D eigenvalue weighted by Crippen LogP contribution is -2.49. The van der Waals surface area contributed by atoms with Crippen molar-refractivity contribution in [3.05, 3.63) is 0 Å². The molecular weight excluding hydrogens is 254 g/mol. The summed E-state index contributed by atoms with van der Waals surface area (Å²) in [6, 6.07) is 0. The van der Waals surface area contributed by atoms with Crippen LogP contribution in [0.3, 0.4) is 0 Å². The molecule has 0 saturated carbocycles. The Morgan fingerprint density at radius 1 is 1.32 bits per heavy atom. The molecule has 1 fully saturated rings. The molecule has 0 bridgehead atoms. The van der Waals surface area contributed by atoms with Crippen LogP contribution in [-0.4, -0.2) is 52.3 Å². The Bertz CT molecular complexity index is 422. The Kier molecular flexibility index (Phi) is 4.28. The van der Waals surface area contributed by atoms with Crippen molar-refractivity contribution in [2.24, 2.45) is 5.92 Å². The molecule has 0 aromatic rings. The fraction of sp³-hybridized carbons (Fsp3) is 0.667. The summed E-state index contributed by atoms with van der Waals surface area (Å²) in [5.74, 6) is -4.59. The number of ketones is 2. The molecule has 1 N–H and O–H groups in total. The number of hydrogen-bond donors (Lipinski definition) is 1. The van der Waals surface area contributed by atoms with Crippen molar-refractivity contribution in [2.45, 2.75) is 32.8 Å². The number of likely N-dealkylation sites (tertiary alicyclic amines) is 1. The first kappa shape index (κ1) is 15.1. The van der Waals surface area contributed by atoms with Gasteiger partial charge in [-0.25, -0.2) is 9.59 Å². The Labute approximate surface area is 110 Å². The number of Topliss-reactive ketones (excluding diaryl/α,β-unsaturated/α-hetero) is 2. The number of carbonyl (C=O) groups is 4. The number of rotatable bonds is 2. The number of hydrogen-bond acceptors (Lipinski definition) is 5. The van der Waals surface area contributed by atoms with Gasteiger partial charge in [0.1, 0.15) is 17.3 Å². The average molecular weight is 271 g/mol. The molecule has 0 aliphatic carbocycles. The molecule has 0 radical (unpaired) electrons. The van der Waals surface area contributed by atoms with E-state index in [2.05, 4.69) is 0 Å². The third-order valence-electron chi connectivity index (χ3n) is 2.60. The molecule has 19 heavy (non-hydrogen) atoms. The largest absolute Gasteiger partial charge is 0.475 e. The van der Waals surface area contributed by atoms with Crippen LogP contribution in [0, 0.1) is 5.92 Å². The van der Waals surface area contributed by atoms with Crippen molar-refractivity contribution >= 4 is 23.6 Å². The van der Waals surface area contributed by atoms with E-state index in [-0.39, 0.29) is 19.5 Å². The zero-order valence-electron chi connectivity index (χ0n) is 11.1. The Morgan fingerprint density at radius 2 is 1.89 bits per heavy atom. The van der Waals surface area contributed by atoms with E-state index in [0.29, 0.717) is 0 Å². The van der Waals surface area contributed by atoms with Crippen LogP contribution in [0.25, 0.3) is 0 Å². The number of aliphatic carboxylic acids is 1. The lowest BCUT2D eigenvalue weighted by molar-refractivity contribution is -0.154. The summed E-state index contributed by atoms with van der Waals surface area (Å²) < 4.78 is 5.12. The maximum Gasteiger partial charge on any atom is 0.410 e. The van der Waals surface area contributed by atoms with Gasteiger partial charge in [0.25, 0.3) is 5.78 Å². The quantitative estimate of drug-likeness (QED) is 0.578. The minimum absolute atomic E-state index is 0.0388. The second-order valence-corrected chi connectivity index (χ2v) is 5.36. The highest BCUT2D eigenvalue weighted by Crippen LogP contribution is 2.17. The molecule has 0 aromatic heterocycles. The smallest absolute Gasteiger partial charge is 0.410 e. The molecule has 1 aliphatic rings. The number of carboxylic acids is 1. The van der Waals surface area contributed by atoms with E-state index in [1.54, 1.807) is 20.8 Å². The maximum absolute atomic E-state index is 11.8. The Morgan fingerprint density at radius 3 is 2.37 bits per heavy atom. The molecule has 106 valence electrons. The van der Waals surface area contributed by atoms with Gasteiger partial charge in [0, 0.05) is 19.5 Å². The fourth-order valence-corrected chi connectivity index (χ4v) is 1.70. The zero-order chi connectivity index (χ0) is 14.8. The molecule has 7 heteroatoms. The summed E-state index contributed by atoms with van der Waals surface area (Å²) in [5.41, 5.74) is -0.690. The number of carboxylic acid groups (broad SMARTS) is 1. The Hall–Kier alpha value is -1.92. The second-order valence-electron chi connectivity index (χ2n) is 5.36. The number of amides is 1. The summed E-state index contributed by atoms with van der Waals surface area (Å²) in [6.07, 6.45) is -0.689. The average Bonchev–Trinajstić information content (AvgIpc) is 2.26. The van der Waals surface area contributed by atoms with Gasteiger partial charge in [0.2, 0.25) is 0 Å². The summed E-state index contributed by atoms with van der Waals surface area (Å²) >= 11 is 0. The van der Waals surface area contributed by atoms with Gasteiger partial charge in [-0.15, -0.1) is 0 Å². The Balaban J connectivity index is 2.75. The molecule has 1 heterocycles. The van der Waals surface area contributed by atoms with Crippen molar-refractivity contribution in [3.63, 3.8) is 0 Å². The van der Waals surface area contributed by atoms with Crippen LogP contribution in [0.2, 0.25) is 0 Å². The number of ether oxygens (including phenoxy) is 1.